The highest BCUT2D eigenvalue weighted by atomic mass is 14.8. The molecule has 0 aromatic heterocycles. The highest BCUT2D eigenvalue weighted by Crippen LogP contribution is 2.23. The minimum absolute atomic E-state index is 0.201. The van der Waals surface area contributed by atoms with Gasteiger partial charge in [0.05, 0.1) is 6.34 Å². The van der Waals surface area contributed by atoms with E-state index in [4.69, 9.17) is 5.73 Å². The summed E-state index contributed by atoms with van der Waals surface area (Å²) < 4.78 is 0. The van der Waals surface area contributed by atoms with Crippen LogP contribution in [0.1, 0.15) is 27.7 Å². The lowest BCUT2D eigenvalue weighted by Crippen LogP contribution is -2.05. The van der Waals surface area contributed by atoms with Crippen molar-refractivity contribution in [2.24, 2.45) is 16.1 Å². The van der Waals surface area contributed by atoms with Crippen LogP contribution in [0.15, 0.2) is 16.8 Å². The molecule has 0 unspecified atom stereocenters. The van der Waals surface area contributed by atoms with Crippen LogP contribution in [0.4, 0.5) is 0 Å². The lowest BCUT2D eigenvalue weighted by molar-refractivity contribution is 0.502. The molecule has 0 aromatic carbocycles. The van der Waals surface area contributed by atoms with E-state index in [0.717, 1.165) is 0 Å². The Morgan fingerprint density at radius 1 is 1.40 bits per heavy atom. The number of allylic oxidation sites excluding steroid dienone is 1. The molecular formula is C8H16N2. The van der Waals surface area contributed by atoms with E-state index in [1.807, 2.05) is 6.92 Å². The maximum atomic E-state index is 5.08. The maximum Gasteiger partial charge on any atom is 0.0852 e. The van der Waals surface area contributed by atoms with Crippen molar-refractivity contribution in [3.8, 4) is 0 Å². The molecule has 0 rings (SSSR count). The van der Waals surface area contributed by atoms with E-state index in [0.29, 0.717) is 0 Å². The molecule has 0 aliphatic heterocycles. The van der Waals surface area contributed by atoms with Gasteiger partial charge in [0, 0.05) is 6.20 Å². The van der Waals surface area contributed by atoms with Crippen molar-refractivity contribution < 1.29 is 0 Å². The summed E-state index contributed by atoms with van der Waals surface area (Å²) in [5.41, 5.74) is 6.52. The Hall–Kier alpha value is -0.790. The van der Waals surface area contributed by atoms with Gasteiger partial charge in [-0.1, -0.05) is 20.8 Å². The molecule has 2 heteroatoms. The second-order valence-corrected chi connectivity index (χ2v) is 3.36. The Labute approximate surface area is 62.8 Å². The van der Waals surface area contributed by atoms with E-state index >= 15 is 0 Å². The fraction of sp³-hybridized carbons (Fsp3) is 0.625. The molecule has 0 saturated heterocycles. The van der Waals surface area contributed by atoms with Crippen LogP contribution in [0.2, 0.25) is 0 Å². The topological polar surface area (TPSA) is 38.4 Å². The number of nitrogens with two attached hydrogens (primary N) is 1. The van der Waals surface area contributed by atoms with Gasteiger partial charge in [-0.25, -0.2) is 4.99 Å². The molecule has 0 aliphatic rings. The third kappa shape index (κ3) is 3.28. The molecule has 10 heavy (non-hydrogen) atoms. The molecule has 0 amide bonds. The standard InChI is InChI=1S/C8H16N2/c1-7(5-10-6-9)8(2,3)4/h5-6H,1-4H3,(H2,9,10)/b7-5+. The average molecular weight is 140 g/mol. The molecule has 2 nitrogen and oxygen atoms in total. The van der Waals surface area contributed by atoms with Gasteiger partial charge in [0.15, 0.2) is 0 Å². The lowest BCUT2D eigenvalue weighted by Gasteiger charge is -2.17. The van der Waals surface area contributed by atoms with Crippen molar-refractivity contribution in [2.75, 3.05) is 0 Å². The third-order valence-electron chi connectivity index (χ3n) is 1.54. The summed E-state index contributed by atoms with van der Waals surface area (Å²) in [6, 6.07) is 0. The van der Waals surface area contributed by atoms with Gasteiger partial charge in [-0.05, 0) is 17.9 Å². The Bertz CT molecular complexity index is 149. The van der Waals surface area contributed by atoms with Crippen LogP contribution in [-0.4, -0.2) is 6.34 Å². The minimum atomic E-state index is 0.201. The Kier molecular flexibility index (Phi) is 3.13. The van der Waals surface area contributed by atoms with Crippen molar-refractivity contribution in [1.29, 1.82) is 0 Å². The summed E-state index contributed by atoms with van der Waals surface area (Å²) in [5.74, 6) is 0. The van der Waals surface area contributed by atoms with Gasteiger partial charge in [0.25, 0.3) is 0 Å². The van der Waals surface area contributed by atoms with E-state index in [1.54, 1.807) is 6.20 Å². The molecule has 58 valence electrons. The first kappa shape index (κ1) is 9.21. The molecule has 0 aromatic rings. The Balaban J connectivity index is 4.20. The zero-order valence-corrected chi connectivity index (χ0v) is 7.18. The van der Waals surface area contributed by atoms with Gasteiger partial charge < -0.3 is 5.73 Å². The van der Waals surface area contributed by atoms with Gasteiger partial charge in [-0.3, -0.25) is 0 Å². The van der Waals surface area contributed by atoms with E-state index in [-0.39, 0.29) is 5.41 Å². The van der Waals surface area contributed by atoms with E-state index < -0.39 is 0 Å². The predicted octanol–water partition coefficient (Wildman–Crippen LogP) is 1.92. The molecule has 0 bridgehead atoms. The number of aliphatic imine (C=N–C) groups is 1. The summed E-state index contributed by atoms with van der Waals surface area (Å²) in [4.78, 5) is 3.83. The summed E-state index contributed by atoms with van der Waals surface area (Å²) >= 11 is 0. The first-order chi connectivity index (χ1) is 4.48. The molecule has 0 radical (unpaired) electrons. The molecule has 0 atom stereocenters. The normalized spacial score (nSPS) is 14.6. The summed E-state index contributed by atoms with van der Waals surface area (Å²) in [5, 5.41) is 0. The number of hydrogen-bond acceptors (Lipinski definition) is 1. The van der Waals surface area contributed by atoms with Crippen LogP contribution in [0.25, 0.3) is 0 Å². The first-order valence-electron chi connectivity index (χ1n) is 3.39. The number of rotatable bonds is 1. The van der Waals surface area contributed by atoms with Crippen LogP contribution >= 0.6 is 0 Å². The molecule has 0 fully saturated rings. The third-order valence-corrected chi connectivity index (χ3v) is 1.54. The van der Waals surface area contributed by atoms with E-state index in [9.17, 15) is 0 Å². The highest BCUT2D eigenvalue weighted by Gasteiger charge is 2.11. The quantitative estimate of drug-likeness (QED) is 0.438. The van der Waals surface area contributed by atoms with Crippen LogP contribution in [0.3, 0.4) is 0 Å². The fourth-order valence-corrected chi connectivity index (χ4v) is 0.348. The second kappa shape index (κ2) is 3.40. The largest absolute Gasteiger partial charge is 0.390 e. The summed E-state index contributed by atoms with van der Waals surface area (Å²) in [7, 11) is 0. The molecular weight excluding hydrogens is 124 g/mol. The highest BCUT2D eigenvalue weighted by molar-refractivity contribution is 5.52. The van der Waals surface area contributed by atoms with Gasteiger partial charge >= 0.3 is 0 Å². The van der Waals surface area contributed by atoms with Gasteiger partial charge in [0.1, 0.15) is 0 Å². The first-order valence-corrected chi connectivity index (χ1v) is 3.39. The van der Waals surface area contributed by atoms with Crippen LogP contribution in [0.5, 0.6) is 0 Å². The average Bonchev–Trinajstić information content (AvgIpc) is 1.80. The van der Waals surface area contributed by atoms with Crippen molar-refractivity contribution >= 4 is 6.34 Å². The van der Waals surface area contributed by atoms with Crippen molar-refractivity contribution in [3.05, 3.63) is 11.8 Å². The SMILES string of the molecule is C/C(=C\N=C/N)C(C)(C)C. The lowest BCUT2D eigenvalue weighted by atomic mass is 9.88. The number of hydrogen-bond donors (Lipinski definition) is 1. The van der Waals surface area contributed by atoms with Crippen LogP contribution < -0.4 is 5.73 Å². The van der Waals surface area contributed by atoms with Crippen molar-refractivity contribution in [1.82, 2.24) is 0 Å². The molecule has 0 spiro atoms. The second-order valence-electron chi connectivity index (χ2n) is 3.36. The zero-order valence-electron chi connectivity index (χ0n) is 7.18. The molecule has 0 heterocycles. The molecule has 0 saturated carbocycles. The Morgan fingerprint density at radius 2 is 1.90 bits per heavy atom. The van der Waals surface area contributed by atoms with Gasteiger partial charge in [-0.15, -0.1) is 0 Å². The summed E-state index contributed by atoms with van der Waals surface area (Å²) in [6.45, 7) is 8.48. The van der Waals surface area contributed by atoms with Crippen LogP contribution in [-0.2, 0) is 0 Å². The van der Waals surface area contributed by atoms with Gasteiger partial charge in [0.2, 0.25) is 0 Å². The van der Waals surface area contributed by atoms with E-state index in [1.165, 1.54) is 11.9 Å². The van der Waals surface area contributed by atoms with Crippen LogP contribution in [0, 0.1) is 5.41 Å². The van der Waals surface area contributed by atoms with Crippen molar-refractivity contribution in [2.45, 2.75) is 27.7 Å². The minimum Gasteiger partial charge on any atom is -0.390 e. The van der Waals surface area contributed by atoms with E-state index in [2.05, 4.69) is 25.8 Å². The molecule has 2 N–H and O–H groups in total. The Morgan fingerprint density at radius 3 is 2.20 bits per heavy atom. The summed E-state index contributed by atoms with van der Waals surface area (Å²) in [6.07, 6.45) is 3.09. The maximum absolute atomic E-state index is 5.08. The fourth-order valence-electron chi connectivity index (χ4n) is 0.348. The smallest absolute Gasteiger partial charge is 0.0852 e. The zero-order chi connectivity index (χ0) is 8.20. The predicted molar refractivity (Wildman–Crippen MR) is 45.9 cm³/mol. The molecule has 0 aliphatic carbocycles. The van der Waals surface area contributed by atoms with Gasteiger partial charge in [-0.2, -0.15) is 0 Å². The monoisotopic (exact) mass is 140 g/mol. The van der Waals surface area contributed by atoms with Crippen molar-refractivity contribution in [3.63, 3.8) is 0 Å². The number of nitrogens with zero attached hydrogens (tertiary/aromatic N) is 1.